The Labute approximate surface area is 175 Å². The number of aliphatic hydroxyl groups excluding tert-OH is 1. The Morgan fingerprint density at radius 1 is 0.571 bits per heavy atom. The van der Waals surface area contributed by atoms with Crippen LogP contribution in [0.4, 0.5) is 0 Å². The third-order valence-corrected chi connectivity index (χ3v) is 7.08. The molecule has 0 aromatic rings. The summed E-state index contributed by atoms with van der Waals surface area (Å²) in [5.74, 6) is 0. The molecule has 0 saturated heterocycles. The van der Waals surface area contributed by atoms with E-state index in [1.807, 2.05) is 0 Å². The number of rotatable bonds is 21. The summed E-state index contributed by atoms with van der Waals surface area (Å²) in [5.41, 5.74) is 0. The Hall–Kier alpha value is -0.130. The minimum absolute atomic E-state index is 0.365. The van der Waals surface area contributed by atoms with Gasteiger partial charge in [0.2, 0.25) is 0 Å². The lowest BCUT2D eigenvalue weighted by atomic mass is 10.0. The predicted molar refractivity (Wildman–Crippen MR) is 120 cm³/mol. The van der Waals surface area contributed by atoms with E-state index in [1.54, 1.807) is 0 Å². The van der Waals surface area contributed by atoms with Gasteiger partial charge in [0.15, 0.2) is 0 Å². The second-order valence-corrected chi connectivity index (χ2v) is 10.2. The summed E-state index contributed by atoms with van der Waals surface area (Å²) in [5, 5.41) is 9.43. The molecule has 0 spiro atoms. The van der Waals surface area contributed by atoms with Crippen LogP contribution in [0.2, 0.25) is 0 Å². The van der Waals surface area contributed by atoms with Gasteiger partial charge in [-0.1, -0.05) is 110 Å². The smallest absolute Gasteiger partial charge is 0.267 e. The normalized spacial score (nSPS) is 14.3. The first-order valence-electron chi connectivity index (χ1n) is 12.1. The highest BCUT2D eigenvalue weighted by Gasteiger charge is 2.23. The molecule has 4 nitrogen and oxygen atoms in total. The van der Waals surface area contributed by atoms with Gasteiger partial charge < -0.3 is 5.11 Å². The first-order valence-corrected chi connectivity index (χ1v) is 13.6. The van der Waals surface area contributed by atoms with E-state index < -0.39 is 21.5 Å². The van der Waals surface area contributed by atoms with Crippen LogP contribution in [0.15, 0.2) is 0 Å². The first kappa shape index (κ1) is 27.9. The molecule has 0 aromatic carbocycles. The summed E-state index contributed by atoms with van der Waals surface area (Å²) in [7, 11) is -4.00. The molecule has 0 aliphatic heterocycles. The lowest BCUT2D eigenvalue weighted by Gasteiger charge is -2.16. The maximum absolute atomic E-state index is 11.5. The van der Waals surface area contributed by atoms with E-state index in [4.69, 9.17) is 0 Å². The van der Waals surface area contributed by atoms with Crippen LogP contribution in [0.5, 0.6) is 0 Å². The lowest BCUT2D eigenvalue weighted by molar-refractivity contribution is 0.147. The fourth-order valence-corrected chi connectivity index (χ4v) is 4.71. The van der Waals surface area contributed by atoms with Crippen molar-refractivity contribution in [2.45, 2.75) is 147 Å². The zero-order chi connectivity index (χ0) is 21.1. The van der Waals surface area contributed by atoms with Crippen molar-refractivity contribution >= 4 is 10.1 Å². The van der Waals surface area contributed by atoms with Crippen molar-refractivity contribution in [2.24, 2.45) is 0 Å². The van der Waals surface area contributed by atoms with E-state index in [-0.39, 0.29) is 0 Å². The van der Waals surface area contributed by atoms with Gasteiger partial charge in [0.1, 0.15) is 0 Å². The topological polar surface area (TPSA) is 74.6 Å². The van der Waals surface area contributed by atoms with E-state index in [0.29, 0.717) is 19.3 Å². The van der Waals surface area contributed by atoms with Crippen LogP contribution >= 0.6 is 0 Å². The van der Waals surface area contributed by atoms with Crippen LogP contribution in [-0.4, -0.2) is 29.4 Å². The molecule has 0 saturated carbocycles. The van der Waals surface area contributed by atoms with Crippen molar-refractivity contribution in [2.75, 3.05) is 0 Å². The van der Waals surface area contributed by atoms with E-state index in [9.17, 15) is 18.1 Å². The van der Waals surface area contributed by atoms with E-state index in [2.05, 4.69) is 13.8 Å². The SMILES string of the molecule is CCCCCCCCCCCCCC(O)CCC(CCCCCC)S(=O)(=O)O. The molecular formula is C23H48O4S. The second kappa shape index (κ2) is 18.9. The largest absolute Gasteiger partial charge is 0.393 e. The summed E-state index contributed by atoms with van der Waals surface area (Å²) < 4.78 is 32.5. The van der Waals surface area contributed by atoms with Gasteiger partial charge in [-0.05, 0) is 25.7 Å². The van der Waals surface area contributed by atoms with E-state index >= 15 is 0 Å². The highest BCUT2D eigenvalue weighted by molar-refractivity contribution is 7.86. The van der Waals surface area contributed by atoms with Gasteiger partial charge in [-0.25, -0.2) is 0 Å². The van der Waals surface area contributed by atoms with Crippen LogP contribution in [0.1, 0.15) is 136 Å². The molecule has 2 atom stereocenters. The summed E-state index contributed by atoms with van der Waals surface area (Å²) in [4.78, 5) is 0. The van der Waals surface area contributed by atoms with Gasteiger partial charge in [-0.2, -0.15) is 8.42 Å². The molecule has 0 heterocycles. The van der Waals surface area contributed by atoms with Crippen molar-refractivity contribution in [3.63, 3.8) is 0 Å². The number of hydrogen-bond acceptors (Lipinski definition) is 3. The van der Waals surface area contributed by atoms with Crippen molar-refractivity contribution in [1.29, 1.82) is 0 Å². The number of aliphatic hydroxyl groups is 1. The molecule has 0 rings (SSSR count). The summed E-state index contributed by atoms with van der Waals surface area (Å²) in [6.45, 7) is 4.36. The van der Waals surface area contributed by atoms with Crippen LogP contribution in [0.3, 0.4) is 0 Å². The van der Waals surface area contributed by atoms with Crippen LogP contribution < -0.4 is 0 Å². The highest BCUT2D eigenvalue weighted by Crippen LogP contribution is 2.19. The molecule has 0 radical (unpaired) electrons. The average Bonchev–Trinajstić information content (AvgIpc) is 2.64. The Morgan fingerprint density at radius 3 is 1.43 bits per heavy atom. The van der Waals surface area contributed by atoms with Crippen LogP contribution in [0.25, 0.3) is 0 Å². The van der Waals surface area contributed by atoms with Gasteiger partial charge in [0.05, 0.1) is 11.4 Å². The highest BCUT2D eigenvalue weighted by atomic mass is 32.2. The van der Waals surface area contributed by atoms with Crippen molar-refractivity contribution in [3.05, 3.63) is 0 Å². The number of hydrogen-bond donors (Lipinski definition) is 2. The third-order valence-electron chi connectivity index (χ3n) is 5.76. The van der Waals surface area contributed by atoms with E-state index in [1.165, 1.54) is 57.8 Å². The van der Waals surface area contributed by atoms with Gasteiger partial charge in [0, 0.05) is 0 Å². The molecule has 28 heavy (non-hydrogen) atoms. The maximum Gasteiger partial charge on any atom is 0.267 e. The molecule has 0 aliphatic carbocycles. The van der Waals surface area contributed by atoms with E-state index in [0.717, 1.165) is 44.9 Å². The average molecular weight is 421 g/mol. The minimum atomic E-state index is -4.00. The van der Waals surface area contributed by atoms with Crippen LogP contribution in [0, 0.1) is 0 Å². The Balaban J connectivity index is 3.68. The zero-order valence-electron chi connectivity index (χ0n) is 18.7. The molecule has 5 heteroatoms. The molecule has 170 valence electrons. The zero-order valence-corrected chi connectivity index (χ0v) is 19.5. The molecule has 0 fully saturated rings. The molecule has 0 aromatic heterocycles. The molecular weight excluding hydrogens is 372 g/mol. The maximum atomic E-state index is 11.5. The van der Waals surface area contributed by atoms with Gasteiger partial charge in [0.25, 0.3) is 10.1 Å². The fraction of sp³-hybridized carbons (Fsp3) is 1.00. The van der Waals surface area contributed by atoms with Crippen molar-refractivity contribution < 1.29 is 18.1 Å². The monoisotopic (exact) mass is 420 g/mol. The Kier molecular flexibility index (Phi) is 18.8. The second-order valence-electron chi connectivity index (χ2n) is 8.54. The molecule has 0 amide bonds. The quantitative estimate of drug-likeness (QED) is 0.154. The van der Waals surface area contributed by atoms with Crippen LogP contribution in [-0.2, 0) is 10.1 Å². The predicted octanol–water partition coefficient (Wildman–Crippen LogP) is 7.06. The Morgan fingerprint density at radius 2 is 0.964 bits per heavy atom. The first-order chi connectivity index (χ1) is 13.4. The standard InChI is InChI=1S/C23H48O4S/c1-3-5-7-9-10-11-12-13-14-15-16-18-22(24)20-21-23(28(25,26)27)19-17-8-6-4-2/h22-24H,3-21H2,1-2H3,(H,25,26,27). The lowest BCUT2D eigenvalue weighted by Crippen LogP contribution is -2.22. The fourth-order valence-electron chi connectivity index (χ4n) is 3.81. The molecule has 0 bridgehead atoms. The van der Waals surface area contributed by atoms with Gasteiger partial charge in [-0.15, -0.1) is 0 Å². The number of unbranched alkanes of at least 4 members (excludes halogenated alkanes) is 13. The van der Waals surface area contributed by atoms with Gasteiger partial charge >= 0.3 is 0 Å². The minimum Gasteiger partial charge on any atom is -0.393 e. The Bertz CT molecular complexity index is 422. The summed E-state index contributed by atoms with van der Waals surface area (Å²) >= 11 is 0. The van der Waals surface area contributed by atoms with Gasteiger partial charge in [-0.3, -0.25) is 4.55 Å². The van der Waals surface area contributed by atoms with Crippen molar-refractivity contribution in [3.8, 4) is 0 Å². The molecule has 2 unspecified atom stereocenters. The van der Waals surface area contributed by atoms with Crippen molar-refractivity contribution in [1.82, 2.24) is 0 Å². The third kappa shape index (κ3) is 17.9. The summed E-state index contributed by atoms with van der Waals surface area (Å²) in [6, 6.07) is 0. The molecule has 0 aliphatic rings. The molecule has 2 N–H and O–H groups in total. The summed E-state index contributed by atoms with van der Waals surface area (Å²) in [6.07, 6.45) is 19.8.